The number of carbonyl (C=O) groups is 1. The maximum Gasteiger partial charge on any atom is 0.270 e. The minimum Gasteiger partial charge on any atom is -0.398 e. The van der Waals surface area contributed by atoms with Gasteiger partial charge in [-0.3, -0.25) is 4.79 Å². The van der Waals surface area contributed by atoms with E-state index in [2.05, 4.69) is 10.3 Å². The molecular weight excluding hydrogens is 266 g/mol. The molecule has 0 aliphatic heterocycles. The van der Waals surface area contributed by atoms with Gasteiger partial charge in [-0.1, -0.05) is 18.2 Å². The highest BCUT2D eigenvalue weighted by molar-refractivity contribution is 5.99. The summed E-state index contributed by atoms with van der Waals surface area (Å²) >= 11 is 0. The van der Waals surface area contributed by atoms with Crippen molar-refractivity contribution in [2.24, 2.45) is 5.41 Å². The van der Waals surface area contributed by atoms with Gasteiger partial charge in [0, 0.05) is 24.2 Å². The number of benzene rings is 1. The van der Waals surface area contributed by atoms with E-state index in [-0.39, 0.29) is 17.9 Å². The van der Waals surface area contributed by atoms with Crippen LogP contribution < -0.4 is 11.1 Å². The van der Waals surface area contributed by atoms with Gasteiger partial charge in [0.1, 0.15) is 5.69 Å². The van der Waals surface area contributed by atoms with Crippen LogP contribution in [-0.4, -0.2) is 29.1 Å². The summed E-state index contributed by atoms with van der Waals surface area (Å²) in [5.74, 6) is -0.211. The van der Waals surface area contributed by atoms with Crippen molar-refractivity contribution >= 4 is 22.5 Å². The zero-order valence-corrected chi connectivity index (χ0v) is 11.8. The smallest absolute Gasteiger partial charge is 0.270 e. The lowest BCUT2D eigenvalue weighted by atomic mass is 10.0. The first-order valence-corrected chi connectivity index (χ1v) is 7.18. The topological polar surface area (TPSA) is 88.2 Å². The molecule has 0 bridgehead atoms. The monoisotopic (exact) mass is 285 g/mol. The summed E-state index contributed by atoms with van der Waals surface area (Å²) in [5.41, 5.74) is 7.69. The molecule has 4 N–H and O–H groups in total. The lowest BCUT2D eigenvalue weighted by Gasteiger charge is -2.14. The van der Waals surface area contributed by atoms with Gasteiger partial charge in [0.15, 0.2) is 0 Å². The van der Waals surface area contributed by atoms with E-state index in [1.54, 1.807) is 6.07 Å². The number of amides is 1. The van der Waals surface area contributed by atoms with Crippen LogP contribution in [-0.2, 0) is 0 Å². The number of nitrogens with one attached hydrogen (secondary N) is 1. The average Bonchev–Trinajstić information content (AvgIpc) is 3.25. The number of fused-ring (bicyclic) bond motifs is 1. The maximum absolute atomic E-state index is 12.2. The number of nitrogens with two attached hydrogens (primary N) is 1. The third-order valence-corrected chi connectivity index (χ3v) is 4.20. The number of anilines is 1. The van der Waals surface area contributed by atoms with Crippen molar-refractivity contribution < 1.29 is 9.90 Å². The quantitative estimate of drug-likeness (QED) is 0.780. The highest BCUT2D eigenvalue weighted by Gasteiger charge is 2.41. The molecule has 0 spiro atoms. The average molecular weight is 285 g/mol. The van der Waals surface area contributed by atoms with Crippen LogP contribution >= 0.6 is 0 Å². The first-order valence-electron chi connectivity index (χ1n) is 7.18. The van der Waals surface area contributed by atoms with Gasteiger partial charge in [-0.25, -0.2) is 4.98 Å². The number of pyridine rings is 1. The first-order chi connectivity index (χ1) is 10.1. The molecule has 110 valence electrons. The van der Waals surface area contributed by atoms with Crippen LogP contribution in [0.4, 0.5) is 5.69 Å². The van der Waals surface area contributed by atoms with Gasteiger partial charge in [0.2, 0.25) is 0 Å². The number of aliphatic hydroxyl groups is 1. The number of rotatable bonds is 5. The molecule has 21 heavy (non-hydrogen) atoms. The summed E-state index contributed by atoms with van der Waals surface area (Å²) in [4.78, 5) is 16.6. The molecule has 3 rings (SSSR count). The highest BCUT2D eigenvalue weighted by Crippen LogP contribution is 2.47. The van der Waals surface area contributed by atoms with Gasteiger partial charge >= 0.3 is 0 Å². The van der Waals surface area contributed by atoms with E-state index in [1.807, 2.05) is 24.3 Å². The predicted octanol–water partition coefficient (Wildman–Crippen LogP) is 1.71. The minimum atomic E-state index is -0.211. The molecule has 2 aromatic rings. The fourth-order valence-electron chi connectivity index (χ4n) is 2.61. The van der Waals surface area contributed by atoms with Crippen molar-refractivity contribution in [2.75, 3.05) is 18.9 Å². The molecule has 1 saturated carbocycles. The SMILES string of the molecule is Nc1cc(C(=O)NCC2(CCO)CC2)nc2ccccc12. The standard InChI is InChI=1S/C16H19N3O2/c17-12-9-14(19-13-4-2-1-3-11(12)13)15(21)18-10-16(5-6-16)7-8-20/h1-4,9,20H,5-8,10H2,(H2,17,19)(H,18,21). The number of aliphatic hydroxyl groups excluding tert-OH is 1. The van der Waals surface area contributed by atoms with Gasteiger partial charge in [0.25, 0.3) is 5.91 Å². The largest absolute Gasteiger partial charge is 0.398 e. The van der Waals surface area contributed by atoms with Gasteiger partial charge in [-0.2, -0.15) is 0 Å². The number of carbonyl (C=O) groups excluding carboxylic acids is 1. The molecule has 1 aromatic heterocycles. The summed E-state index contributed by atoms with van der Waals surface area (Å²) < 4.78 is 0. The molecule has 1 aliphatic rings. The van der Waals surface area contributed by atoms with Crippen LogP contribution in [0.1, 0.15) is 29.8 Å². The third-order valence-electron chi connectivity index (χ3n) is 4.20. The molecule has 0 unspecified atom stereocenters. The van der Waals surface area contributed by atoms with Crippen molar-refractivity contribution in [3.05, 3.63) is 36.0 Å². The van der Waals surface area contributed by atoms with Crippen LogP contribution in [0.3, 0.4) is 0 Å². The van der Waals surface area contributed by atoms with Crippen LogP contribution in [0, 0.1) is 5.41 Å². The van der Waals surface area contributed by atoms with Crippen molar-refractivity contribution in [2.45, 2.75) is 19.3 Å². The van der Waals surface area contributed by atoms with E-state index < -0.39 is 0 Å². The molecule has 1 amide bonds. The number of aromatic nitrogens is 1. The van der Waals surface area contributed by atoms with Gasteiger partial charge in [0.05, 0.1) is 5.52 Å². The van der Waals surface area contributed by atoms with Crippen LogP contribution in [0.5, 0.6) is 0 Å². The first kappa shape index (κ1) is 13.8. The van der Waals surface area contributed by atoms with Crippen molar-refractivity contribution in [1.82, 2.24) is 10.3 Å². The normalized spacial score (nSPS) is 15.9. The summed E-state index contributed by atoms with van der Waals surface area (Å²) in [6.45, 7) is 0.748. The number of nitrogen functional groups attached to an aromatic ring is 1. The Kier molecular flexibility index (Phi) is 3.51. The second-order valence-corrected chi connectivity index (χ2v) is 5.77. The Morgan fingerprint density at radius 2 is 2.14 bits per heavy atom. The number of hydrogen-bond donors (Lipinski definition) is 3. The van der Waals surface area contributed by atoms with Crippen LogP contribution in [0.2, 0.25) is 0 Å². The van der Waals surface area contributed by atoms with E-state index in [9.17, 15) is 4.79 Å². The minimum absolute atomic E-state index is 0.0901. The van der Waals surface area contributed by atoms with E-state index in [4.69, 9.17) is 10.8 Å². The number of para-hydroxylation sites is 1. The van der Waals surface area contributed by atoms with Crippen molar-refractivity contribution in [3.63, 3.8) is 0 Å². The lowest BCUT2D eigenvalue weighted by molar-refractivity contribution is 0.0936. The zero-order chi connectivity index (χ0) is 14.9. The molecule has 1 heterocycles. The Bertz CT molecular complexity index is 680. The fraction of sp³-hybridized carbons (Fsp3) is 0.375. The molecule has 0 saturated heterocycles. The van der Waals surface area contributed by atoms with Gasteiger partial charge < -0.3 is 16.2 Å². The Labute approximate surface area is 123 Å². The molecule has 5 heteroatoms. The Morgan fingerprint density at radius 3 is 2.86 bits per heavy atom. The third kappa shape index (κ3) is 2.83. The van der Waals surface area contributed by atoms with Crippen molar-refractivity contribution in [1.29, 1.82) is 0 Å². The molecule has 1 aromatic carbocycles. The van der Waals surface area contributed by atoms with E-state index in [1.165, 1.54) is 0 Å². The Balaban J connectivity index is 1.76. The van der Waals surface area contributed by atoms with Crippen LogP contribution in [0.15, 0.2) is 30.3 Å². The summed E-state index contributed by atoms with van der Waals surface area (Å²) in [6, 6.07) is 9.11. The lowest BCUT2D eigenvalue weighted by Crippen LogP contribution is -2.31. The van der Waals surface area contributed by atoms with E-state index >= 15 is 0 Å². The number of hydrogen-bond acceptors (Lipinski definition) is 4. The fourth-order valence-corrected chi connectivity index (χ4v) is 2.61. The Hall–Kier alpha value is -2.14. The Morgan fingerprint density at radius 1 is 1.38 bits per heavy atom. The summed E-state index contributed by atoms with van der Waals surface area (Å²) in [6.07, 6.45) is 2.85. The molecular formula is C16H19N3O2. The number of nitrogens with zero attached hydrogens (tertiary/aromatic N) is 1. The molecule has 0 atom stereocenters. The van der Waals surface area contributed by atoms with Gasteiger partial charge in [-0.15, -0.1) is 0 Å². The summed E-state index contributed by atoms with van der Waals surface area (Å²) in [7, 11) is 0. The van der Waals surface area contributed by atoms with E-state index in [0.29, 0.717) is 17.9 Å². The second kappa shape index (κ2) is 5.33. The molecule has 5 nitrogen and oxygen atoms in total. The maximum atomic E-state index is 12.2. The van der Waals surface area contributed by atoms with Gasteiger partial charge in [-0.05, 0) is 36.8 Å². The summed E-state index contributed by atoms with van der Waals surface area (Å²) in [5, 5.41) is 12.8. The molecule has 1 aliphatic carbocycles. The highest BCUT2D eigenvalue weighted by atomic mass is 16.3. The second-order valence-electron chi connectivity index (χ2n) is 5.77. The predicted molar refractivity (Wildman–Crippen MR) is 81.9 cm³/mol. The zero-order valence-electron chi connectivity index (χ0n) is 11.8. The van der Waals surface area contributed by atoms with E-state index in [0.717, 1.165) is 30.2 Å². The molecule has 1 fully saturated rings. The van der Waals surface area contributed by atoms with Crippen molar-refractivity contribution in [3.8, 4) is 0 Å². The van der Waals surface area contributed by atoms with Crippen LogP contribution in [0.25, 0.3) is 10.9 Å². The molecule has 0 radical (unpaired) electrons.